The van der Waals surface area contributed by atoms with Crippen molar-refractivity contribution < 1.29 is 24.1 Å². The van der Waals surface area contributed by atoms with Gasteiger partial charge in [-0.3, -0.25) is 4.90 Å². The van der Waals surface area contributed by atoms with Gasteiger partial charge in [-0.15, -0.1) is 0 Å². The smallest absolute Gasteiger partial charge is 0.174 e. The van der Waals surface area contributed by atoms with Crippen molar-refractivity contribution in [3.63, 3.8) is 0 Å². The molecule has 0 aromatic heterocycles. The number of rotatable bonds is 5. The molecule has 6 heteroatoms. The second-order valence-corrected chi connectivity index (χ2v) is 11.6. The molecule has 3 heterocycles. The Hall–Kier alpha value is -2.12. The molecule has 6 aliphatic rings. The standard InChI is InChI=1S/C29H33NO5/c31-29-18-27(33-12-13-34-27)15-24-28(29)10-11-30(16-19-6-7-19)23(29)14-21-8-9-22(26(35-24)25(21)28)32-17-20-4-2-1-3-5-20/h1-5,8-9,19,23-24,31H,6-7,10-18H2/t23?,24-,28+,29+/m0/s1. The number of aliphatic hydroxyl groups is 1. The van der Waals surface area contributed by atoms with Crippen molar-refractivity contribution in [1.29, 1.82) is 0 Å². The van der Waals surface area contributed by atoms with Crippen molar-refractivity contribution in [3.05, 3.63) is 59.2 Å². The number of hydrogen-bond donors (Lipinski definition) is 1. The Morgan fingerprint density at radius 1 is 1.06 bits per heavy atom. The predicted molar refractivity (Wildman–Crippen MR) is 129 cm³/mol. The van der Waals surface area contributed by atoms with Crippen molar-refractivity contribution in [3.8, 4) is 11.5 Å². The Morgan fingerprint density at radius 3 is 2.69 bits per heavy atom. The zero-order valence-electron chi connectivity index (χ0n) is 20.1. The van der Waals surface area contributed by atoms with E-state index in [4.69, 9.17) is 18.9 Å². The van der Waals surface area contributed by atoms with Crippen LogP contribution >= 0.6 is 0 Å². The summed E-state index contributed by atoms with van der Waals surface area (Å²) in [6, 6.07) is 14.6. The molecule has 2 bridgehead atoms. The van der Waals surface area contributed by atoms with Crippen LogP contribution in [0.5, 0.6) is 11.5 Å². The first-order chi connectivity index (χ1) is 17.1. The lowest BCUT2D eigenvalue weighted by Crippen LogP contribution is -2.78. The van der Waals surface area contributed by atoms with Crippen molar-refractivity contribution in [2.75, 3.05) is 26.3 Å². The van der Waals surface area contributed by atoms with Crippen LogP contribution in [0.3, 0.4) is 0 Å². The van der Waals surface area contributed by atoms with Gasteiger partial charge in [0.15, 0.2) is 17.3 Å². The largest absolute Gasteiger partial charge is 0.485 e. The van der Waals surface area contributed by atoms with Gasteiger partial charge in [0, 0.05) is 31.0 Å². The zero-order chi connectivity index (χ0) is 23.3. The highest BCUT2D eigenvalue weighted by molar-refractivity contribution is 5.63. The fourth-order valence-electron chi connectivity index (χ4n) is 8.04. The monoisotopic (exact) mass is 475 g/mol. The second-order valence-electron chi connectivity index (χ2n) is 11.6. The number of piperidine rings is 1. The van der Waals surface area contributed by atoms with Crippen LogP contribution in [0.25, 0.3) is 0 Å². The lowest BCUT2D eigenvalue weighted by Gasteiger charge is -2.65. The summed E-state index contributed by atoms with van der Waals surface area (Å²) in [5.74, 6) is 1.64. The summed E-state index contributed by atoms with van der Waals surface area (Å²) >= 11 is 0. The normalized spacial score (nSPS) is 36.1. The van der Waals surface area contributed by atoms with E-state index in [1.807, 2.05) is 18.2 Å². The van der Waals surface area contributed by atoms with Crippen molar-refractivity contribution in [2.24, 2.45) is 5.92 Å². The minimum atomic E-state index is -0.955. The molecule has 4 fully saturated rings. The van der Waals surface area contributed by atoms with Gasteiger partial charge < -0.3 is 24.1 Å². The van der Waals surface area contributed by atoms with E-state index in [9.17, 15) is 5.11 Å². The number of likely N-dealkylation sites (tertiary alicyclic amines) is 1. The summed E-state index contributed by atoms with van der Waals surface area (Å²) in [7, 11) is 0. The van der Waals surface area contributed by atoms with Crippen LogP contribution in [-0.2, 0) is 27.9 Å². The first-order valence-electron chi connectivity index (χ1n) is 13.3. The van der Waals surface area contributed by atoms with Gasteiger partial charge in [-0.05, 0) is 55.3 Å². The molecule has 3 aliphatic heterocycles. The Morgan fingerprint density at radius 2 is 1.89 bits per heavy atom. The molecule has 2 saturated carbocycles. The third-order valence-corrected chi connectivity index (χ3v) is 9.71. The van der Waals surface area contributed by atoms with Crippen molar-refractivity contribution in [2.45, 2.75) is 74.1 Å². The van der Waals surface area contributed by atoms with Gasteiger partial charge >= 0.3 is 0 Å². The summed E-state index contributed by atoms with van der Waals surface area (Å²) in [5, 5.41) is 12.8. The van der Waals surface area contributed by atoms with E-state index in [0.29, 0.717) is 32.7 Å². The Balaban J connectivity index is 1.23. The number of benzene rings is 2. The Kier molecular flexibility index (Phi) is 4.34. The molecule has 2 saturated heterocycles. The maximum atomic E-state index is 12.8. The molecule has 2 spiro atoms. The first kappa shape index (κ1) is 21.0. The SMILES string of the molecule is O[C@@]12CC3(C[C@@H]4Oc5c(OCc6ccccc6)ccc6c5[C@@]41CCN(CC1CC1)C2C6)OCCO3. The van der Waals surface area contributed by atoms with E-state index in [0.717, 1.165) is 48.9 Å². The zero-order valence-corrected chi connectivity index (χ0v) is 20.1. The molecule has 0 amide bonds. The van der Waals surface area contributed by atoms with Gasteiger partial charge in [-0.2, -0.15) is 0 Å². The molecule has 1 unspecified atom stereocenters. The van der Waals surface area contributed by atoms with E-state index in [1.165, 1.54) is 24.0 Å². The van der Waals surface area contributed by atoms with E-state index >= 15 is 0 Å². The lowest BCUT2D eigenvalue weighted by atomic mass is 9.48. The molecular weight excluding hydrogens is 442 g/mol. The predicted octanol–water partition coefficient (Wildman–Crippen LogP) is 3.57. The highest BCUT2D eigenvalue weighted by atomic mass is 16.7. The van der Waals surface area contributed by atoms with Gasteiger partial charge in [-0.1, -0.05) is 36.4 Å². The van der Waals surface area contributed by atoms with Crippen LogP contribution in [0.4, 0.5) is 0 Å². The Labute approximate surface area is 206 Å². The maximum Gasteiger partial charge on any atom is 0.174 e. The molecule has 6 nitrogen and oxygen atoms in total. The van der Waals surface area contributed by atoms with E-state index in [-0.39, 0.29) is 12.1 Å². The fraction of sp³-hybridized carbons (Fsp3) is 0.586. The van der Waals surface area contributed by atoms with E-state index in [1.54, 1.807) is 0 Å². The molecule has 0 radical (unpaired) electrons. The van der Waals surface area contributed by atoms with Crippen molar-refractivity contribution in [1.82, 2.24) is 4.90 Å². The summed E-state index contributed by atoms with van der Waals surface area (Å²) in [5.41, 5.74) is 2.25. The van der Waals surface area contributed by atoms with Crippen LogP contribution in [0.1, 0.15) is 48.8 Å². The van der Waals surface area contributed by atoms with Gasteiger partial charge in [0.2, 0.25) is 0 Å². The van der Waals surface area contributed by atoms with Crippen molar-refractivity contribution >= 4 is 0 Å². The van der Waals surface area contributed by atoms with Crippen LogP contribution in [0, 0.1) is 5.92 Å². The summed E-state index contributed by atoms with van der Waals surface area (Å²) in [6.45, 7) is 3.74. The topological polar surface area (TPSA) is 60.4 Å². The second kappa shape index (κ2) is 7.22. The third kappa shape index (κ3) is 2.85. The summed E-state index contributed by atoms with van der Waals surface area (Å²) in [6.07, 6.45) is 5.35. The molecule has 184 valence electrons. The fourth-order valence-corrected chi connectivity index (χ4v) is 8.04. The molecule has 1 N–H and O–H groups in total. The Bertz CT molecular complexity index is 1160. The quantitative estimate of drug-likeness (QED) is 0.714. The minimum Gasteiger partial charge on any atom is -0.485 e. The number of nitrogens with zero attached hydrogens (tertiary/aromatic N) is 1. The van der Waals surface area contributed by atoms with Crippen LogP contribution in [0.2, 0.25) is 0 Å². The molecule has 35 heavy (non-hydrogen) atoms. The van der Waals surface area contributed by atoms with Crippen LogP contribution in [-0.4, -0.2) is 59.8 Å². The maximum absolute atomic E-state index is 12.8. The molecule has 4 atom stereocenters. The molecular formula is C29H33NO5. The average molecular weight is 476 g/mol. The number of ether oxygens (including phenoxy) is 4. The summed E-state index contributed by atoms with van der Waals surface area (Å²) in [4.78, 5) is 2.58. The third-order valence-electron chi connectivity index (χ3n) is 9.71. The van der Waals surface area contributed by atoms with Gasteiger partial charge in [-0.25, -0.2) is 0 Å². The van der Waals surface area contributed by atoms with Gasteiger partial charge in [0.1, 0.15) is 12.7 Å². The highest BCUT2D eigenvalue weighted by Crippen LogP contribution is 2.67. The highest BCUT2D eigenvalue weighted by Gasteiger charge is 2.75. The number of hydrogen-bond acceptors (Lipinski definition) is 6. The average Bonchev–Trinajstić information content (AvgIpc) is 3.46. The lowest BCUT2D eigenvalue weighted by molar-refractivity contribution is -0.284. The van der Waals surface area contributed by atoms with Gasteiger partial charge in [0.05, 0.1) is 24.2 Å². The molecule has 3 aliphatic carbocycles. The van der Waals surface area contributed by atoms with E-state index < -0.39 is 16.8 Å². The van der Waals surface area contributed by atoms with E-state index in [2.05, 4.69) is 29.2 Å². The minimum absolute atomic E-state index is 0.0578. The summed E-state index contributed by atoms with van der Waals surface area (Å²) < 4.78 is 25.6. The first-order valence-corrected chi connectivity index (χ1v) is 13.3. The van der Waals surface area contributed by atoms with Gasteiger partial charge in [0.25, 0.3) is 0 Å². The molecule has 2 aromatic rings. The molecule has 8 rings (SSSR count). The molecule has 2 aromatic carbocycles. The van der Waals surface area contributed by atoms with Crippen LogP contribution < -0.4 is 9.47 Å². The van der Waals surface area contributed by atoms with Crippen LogP contribution in [0.15, 0.2) is 42.5 Å².